The van der Waals surface area contributed by atoms with Crippen LogP contribution >= 0.6 is 0 Å². The number of nitrogens with zero attached hydrogens (tertiary/aromatic N) is 5. The van der Waals surface area contributed by atoms with Crippen molar-refractivity contribution in [2.24, 2.45) is 7.05 Å². The fourth-order valence-corrected chi connectivity index (χ4v) is 3.26. The van der Waals surface area contributed by atoms with Crippen molar-refractivity contribution < 1.29 is 4.39 Å². The maximum Gasteiger partial charge on any atom is 0.255 e. The van der Waals surface area contributed by atoms with E-state index in [1.54, 1.807) is 17.8 Å². The maximum absolute atomic E-state index is 13.8. The molecular formula is C16H16FN5O. The van der Waals surface area contributed by atoms with Gasteiger partial charge in [0.15, 0.2) is 5.65 Å². The van der Waals surface area contributed by atoms with Crippen LogP contribution < -0.4 is 10.5 Å². The molecule has 0 saturated carbocycles. The topological polar surface area (TPSA) is 55.4 Å². The van der Waals surface area contributed by atoms with Gasteiger partial charge >= 0.3 is 0 Å². The number of hydrogen-bond donors (Lipinski definition) is 0. The summed E-state index contributed by atoms with van der Waals surface area (Å²) in [5.41, 5.74) is 1.08. The van der Waals surface area contributed by atoms with Gasteiger partial charge in [-0.1, -0.05) is 0 Å². The molecule has 118 valence electrons. The van der Waals surface area contributed by atoms with E-state index in [2.05, 4.69) is 15.0 Å². The van der Waals surface area contributed by atoms with Crippen LogP contribution in [0.1, 0.15) is 24.4 Å². The lowest BCUT2D eigenvalue weighted by atomic mass is 10.1. The molecule has 0 aromatic carbocycles. The van der Waals surface area contributed by atoms with Crippen LogP contribution in [0.15, 0.2) is 41.6 Å². The first-order valence-electron chi connectivity index (χ1n) is 7.56. The van der Waals surface area contributed by atoms with E-state index in [1.807, 2.05) is 18.3 Å². The Hall–Kier alpha value is -2.70. The van der Waals surface area contributed by atoms with Gasteiger partial charge in [-0.25, -0.2) is 13.9 Å². The molecule has 0 unspecified atom stereocenters. The third-order valence-corrected chi connectivity index (χ3v) is 4.33. The number of halogens is 1. The van der Waals surface area contributed by atoms with Crippen molar-refractivity contribution in [3.05, 3.63) is 58.5 Å². The van der Waals surface area contributed by atoms with Gasteiger partial charge in [0.1, 0.15) is 11.6 Å². The summed E-state index contributed by atoms with van der Waals surface area (Å²) in [5, 5.41) is 4.13. The Kier molecular flexibility index (Phi) is 3.14. The first-order chi connectivity index (χ1) is 11.1. The van der Waals surface area contributed by atoms with Crippen molar-refractivity contribution in [3.8, 4) is 0 Å². The van der Waals surface area contributed by atoms with Crippen molar-refractivity contribution in [1.82, 2.24) is 19.2 Å². The minimum absolute atomic E-state index is 0.151. The van der Waals surface area contributed by atoms with Crippen molar-refractivity contribution in [3.63, 3.8) is 0 Å². The molecule has 0 radical (unpaired) electrons. The predicted molar refractivity (Wildman–Crippen MR) is 83.9 cm³/mol. The average Bonchev–Trinajstić information content (AvgIpc) is 3.18. The Labute approximate surface area is 131 Å². The molecule has 0 bridgehead atoms. The number of rotatable bonds is 2. The van der Waals surface area contributed by atoms with Gasteiger partial charge < -0.3 is 9.47 Å². The third-order valence-electron chi connectivity index (χ3n) is 4.33. The molecule has 0 aliphatic carbocycles. The zero-order valence-corrected chi connectivity index (χ0v) is 12.7. The molecule has 6 nitrogen and oxygen atoms in total. The predicted octanol–water partition coefficient (Wildman–Crippen LogP) is 1.91. The largest absolute Gasteiger partial charge is 0.349 e. The minimum atomic E-state index is -0.395. The molecule has 3 aromatic heterocycles. The SMILES string of the molecule is Cn1cc(F)cc([C@H]2CCCN2c2ccn3nccc3n2)c1=O. The molecule has 0 amide bonds. The lowest BCUT2D eigenvalue weighted by Crippen LogP contribution is -2.31. The summed E-state index contributed by atoms with van der Waals surface area (Å²) in [6.45, 7) is 0.793. The van der Waals surface area contributed by atoms with Gasteiger partial charge in [0.25, 0.3) is 5.56 Å². The van der Waals surface area contributed by atoms with Crippen LogP contribution in [0.4, 0.5) is 10.2 Å². The van der Waals surface area contributed by atoms with Gasteiger partial charge in [-0.2, -0.15) is 5.10 Å². The summed E-state index contributed by atoms with van der Waals surface area (Å²) in [5.74, 6) is 0.389. The van der Waals surface area contributed by atoms with Crippen LogP contribution in [0.2, 0.25) is 0 Å². The summed E-state index contributed by atoms with van der Waals surface area (Å²) in [6, 6.07) is 4.91. The van der Waals surface area contributed by atoms with E-state index in [0.717, 1.165) is 30.9 Å². The van der Waals surface area contributed by atoms with Crippen LogP contribution in [0.25, 0.3) is 5.65 Å². The molecule has 1 atom stereocenters. The minimum Gasteiger partial charge on any atom is -0.349 e. The Morgan fingerprint density at radius 1 is 1.35 bits per heavy atom. The highest BCUT2D eigenvalue weighted by Gasteiger charge is 2.30. The van der Waals surface area contributed by atoms with Crippen molar-refractivity contribution in [2.45, 2.75) is 18.9 Å². The zero-order chi connectivity index (χ0) is 16.0. The second-order valence-electron chi connectivity index (χ2n) is 5.80. The Balaban J connectivity index is 1.78. The number of fused-ring (bicyclic) bond motifs is 1. The van der Waals surface area contributed by atoms with Gasteiger partial charge in [0, 0.05) is 37.6 Å². The highest BCUT2D eigenvalue weighted by molar-refractivity contribution is 5.49. The van der Waals surface area contributed by atoms with Gasteiger partial charge in [0.2, 0.25) is 0 Å². The van der Waals surface area contributed by atoms with E-state index >= 15 is 0 Å². The zero-order valence-electron chi connectivity index (χ0n) is 12.7. The number of hydrogen-bond acceptors (Lipinski definition) is 4. The fraction of sp³-hybridized carbons (Fsp3) is 0.312. The van der Waals surface area contributed by atoms with E-state index in [0.29, 0.717) is 5.56 Å². The molecule has 1 saturated heterocycles. The van der Waals surface area contributed by atoms with Crippen LogP contribution in [-0.4, -0.2) is 25.7 Å². The van der Waals surface area contributed by atoms with Crippen LogP contribution in [0.5, 0.6) is 0 Å². The Morgan fingerprint density at radius 3 is 3.09 bits per heavy atom. The first-order valence-corrected chi connectivity index (χ1v) is 7.56. The van der Waals surface area contributed by atoms with Gasteiger partial charge in [-0.15, -0.1) is 0 Å². The maximum atomic E-state index is 13.8. The number of aryl methyl sites for hydroxylation is 1. The van der Waals surface area contributed by atoms with Gasteiger partial charge in [0.05, 0.1) is 12.2 Å². The summed E-state index contributed by atoms with van der Waals surface area (Å²) < 4.78 is 16.7. The van der Waals surface area contributed by atoms with Crippen LogP contribution in [0, 0.1) is 5.82 Å². The smallest absolute Gasteiger partial charge is 0.255 e. The average molecular weight is 313 g/mol. The summed E-state index contributed by atoms with van der Waals surface area (Å²) in [4.78, 5) is 19.1. The number of pyridine rings is 1. The molecule has 1 aliphatic heterocycles. The van der Waals surface area contributed by atoms with Crippen molar-refractivity contribution in [1.29, 1.82) is 0 Å². The van der Waals surface area contributed by atoms with Crippen LogP contribution in [0.3, 0.4) is 0 Å². The molecule has 1 aliphatic rings. The first kappa shape index (κ1) is 13.9. The van der Waals surface area contributed by atoms with Gasteiger partial charge in [-0.05, 0) is 25.0 Å². The molecule has 3 aromatic rings. The fourth-order valence-electron chi connectivity index (χ4n) is 3.26. The Bertz CT molecular complexity index is 932. The molecule has 1 fully saturated rings. The highest BCUT2D eigenvalue weighted by Crippen LogP contribution is 2.34. The quantitative estimate of drug-likeness (QED) is 0.725. The summed E-state index contributed by atoms with van der Waals surface area (Å²) >= 11 is 0. The van der Waals surface area contributed by atoms with Crippen molar-refractivity contribution in [2.75, 3.05) is 11.4 Å². The number of anilines is 1. The second-order valence-corrected chi connectivity index (χ2v) is 5.80. The van der Waals surface area contributed by atoms with Crippen molar-refractivity contribution >= 4 is 11.5 Å². The molecule has 7 heteroatoms. The van der Waals surface area contributed by atoms with E-state index in [1.165, 1.54) is 16.8 Å². The van der Waals surface area contributed by atoms with Gasteiger partial charge in [-0.3, -0.25) is 4.79 Å². The summed E-state index contributed by atoms with van der Waals surface area (Å²) in [6.07, 6.45) is 6.50. The van der Waals surface area contributed by atoms with E-state index in [9.17, 15) is 9.18 Å². The molecule has 4 heterocycles. The molecule has 23 heavy (non-hydrogen) atoms. The molecular weight excluding hydrogens is 297 g/mol. The normalized spacial score (nSPS) is 18.0. The lowest BCUT2D eigenvalue weighted by Gasteiger charge is -2.25. The third kappa shape index (κ3) is 2.28. The second kappa shape index (κ2) is 5.19. The highest BCUT2D eigenvalue weighted by atomic mass is 19.1. The summed E-state index contributed by atoms with van der Waals surface area (Å²) in [7, 11) is 1.57. The van der Waals surface area contributed by atoms with Crippen LogP contribution in [-0.2, 0) is 7.05 Å². The molecule has 0 N–H and O–H groups in total. The monoisotopic (exact) mass is 313 g/mol. The number of aromatic nitrogens is 4. The Morgan fingerprint density at radius 2 is 2.22 bits per heavy atom. The molecule has 4 rings (SSSR count). The molecule has 0 spiro atoms. The standard InChI is InChI=1S/C16H16FN5O/c1-20-10-11(17)9-12(16(20)23)13-3-2-7-21(13)14-5-8-22-15(19-14)4-6-18-22/h4-6,8-10,13H,2-3,7H2,1H3/t13-/m1/s1. The van der Waals surface area contributed by atoms with E-state index < -0.39 is 5.82 Å². The van der Waals surface area contributed by atoms with E-state index in [-0.39, 0.29) is 11.6 Å². The lowest BCUT2D eigenvalue weighted by molar-refractivity contribution is 0.588. The van der Waals surface area contributed by atoms with E-state index in [4.69, 9.17) is 0 Å².